The molecule has 0 saturated carbocycles. The lowest BCUT2D eigenvalue weighted by Crippen LogP contribution is -1.98. The number of anilines is 2. The summed E-state index contributed by atoms with van der Waals surface area (Å²) in [5.41, 5.74) is 32.1. The van der Waals surface area contributed by atoms with Crippen molar-refractivity contribution in [3.63, 3.8) is 0 Å². The van der Waals surface area contributed by atoms with E-state index in [-0.39, 0.29) is 0 Å². The number of nitrogens with zero attached hydrogens (tertiary/aromatic N) is 2. The van der Waals surface area contributed by atoms with Crippen molar-refractivity contribution in [3.8, 4) is 44.9 Å². The standard InChI is InChI=1S/C48H45N6P/c1-5-6-13-35(21-20-34-12-10-17-39(27-34)42-30-41(52-4)22-24-44(42)51)45-31-46(54-48(53-45)36-14-8-7-9-15-36)40-18-11-16-37(28-40)38-25-26-55-47(29-38)33(3)43(50)23-19-32(2)49/h5-31,52H,2,49-51H2,1,3-4H3/b6-5-,21-20+,23-19-,35-13+,43-33-. The molecule has 272 valence electrons. The third kappa shape index (κ3) is 9.63. The van der Waals surface area contributed by atoms with Crippen LogP contribution in [-0.4, -0.2) is 17.0 Å². The summed E-state index contributed by atoms with van der Waals surface area (Å²) in [6, 6.07) is 39.3. The smallest absolute Gasteiger partial charge is 0.160 e. The van der Waals surface area contributed by atoms with Crippen LogP contribution in [0.2, 0.25) is 0 Å². The van der Waals surface area contributed by atoms with Gasteiger partial charge in [-0.05, 0) is 108 Å². The third-order valence-corrected chi connectivity index (χ3v) is 10.1. The Balaban J connectivity index is 1.41. The normalized spacial score (nSPS) is 12.5. The van der Waals surface area contributed by atoms with Gasteiger partial charge >= 0.3 is 0 Å². The Morgan fingerprint density at radius 2 is 1.49 bits per heavy atom. The zero-order chi connectivity index (χ0) is 38.7. The second-order valence-corrected chi connectivity index (χ2v) is 14.0. The predicted octanol–water partition coefficient (Wildman–Crippen LogP) is 11.7. The Labute approximate surface area is 326 Å². The van der Waals surface area contributed by atoms with Gasteiger partial charge in [-0.1, -0.05) is 112 Å². The van der Waals surface area contributed by atoms with E-state index in [1.54, 1.807) is 12.2 Å². The average molecular weight is 737 g/mol. The number of aromatic nitrogens is 2. The molecule has 2 heterocycles. The Hall–Kier alpha value is -6.75. The van der Waals surface area contributed by atoms with Crippen LogP contribution in [0.4, 0.5) is 11.4 Å². The van der Waals surface area contributed by atoms with Crippen LogP contribution in [0.1, 0.15) is 30.4 Å². The fourth-order valence-electron chi connectivity index (χ4n) is 5.99. The molecule has 0 bridgehead atoms. The van der Waals surface area contributed by atoms with Crippen molar-refractivity contribution < 1.29 is 0 Å². The first-order valence-corrected chi connectivity index (χ1v) is 19.0. The Morgan fingerprint density at radius 3 is 2.27 bits per heavy atom. The second-order valence-electron chi connectivity index (χ2n) is 13.0. The maximum absolute atomic E-state index is 6.40. The van der Waals surface area contributed by atoms with Crippen LogP contribution in [0.3, 0.4) is 0 Å². The number of rotatable bonds is 12. The molecule has 6 aromatic rings. The summed E-state index contributed by atoms with van der Waals surface area (Å²) < 4.78 is 0. The maximum atomic E-state index is 6.40. The summed E-state index contributed by atoms with van der Waals surface area (Å²) in [6.45, 7) is 7.77. The lowest BCUT2D eigenvalue weighted by molar-refractivity contribution is 1.16. The highest BCUT2D eigenvalue weighted by molar-refractivity contribution is 7.30. The van der Waals surface area contributed by atoms with Gasteiger partial charge < -0.3 is 22.5 Å². The Kier molecular flexibility index (Phi) is 12.3. The molecule has 55 heavy (non-hydrogen) atoms. The lowest BCUT2D eigenvalue weighted by atomic mass is 9.99. The van der Waals surface area contributed by atoms with Gasteiger partial charge in [0.2, 0.25) is 0 Å². The summed E-state index contributed by atoms with van der Waals surface area (Å²) in [7, 11) is 2.98. The fourth-order valence-corrected chi connectivity index (χ4v) is 6.92. The summed E-state index contributed by atoms with van der Waals surface area (Å²) >= 11 is 0. The number of nitrogens with one attached hydrogen (secondary N) is 1. The lowest BCUT2D eigenvalue weighted by Gasteiger charge is -2.12. The first-order chi connectivity index (χ1) is 26.7. The number of hydrogen-bond acceptors (Lipinski definition) is 6. The van der Waals surface area contributed by atoms with E-state index in [0.717, 1.165) is 86.3 Å². The largest absolute Gasteiger partial charge is 0.399 e. The van der Waals surface area contributed by atoms with Crippen LogP contribution in [-0.2, 0) is 0 Å². The van der Waals surface area contributed by atoms with Crippen LogP contribution < -0.4 is 22.5 Å². The van der Waals surface area contributed by atoms with Gasteiger partial charge in [-0.2, -0.15) is 0 Å². The fraction of sp³-hybridized carbons (Fsp3) is 0.0625. The SMILES string of the molecule is C=C(N)/C=C\C(N)=C(/C)c1cc(-c2cccc(-c3cc(C(/C=C/c4cccc(-c5cc(NC)ccc5N)c4)=C/C=C\C)nc(-c4ccccc4)n3)c2)ccp1. The number of hydrogen-bond donors (Lipinski definition) is 4. The van der Waals surface area contributed by atoms with Gasteiger partial charge in [-0.15, -0.1) is 0 Å². The van der Waals surface area contributed by atoms with Crippen LogP contribution in [0.15, 0.2) is 175 Å². The van der Waals surface area contributed by atoms with Crippen molar-refractivity contribution in [2.45, 2.75) is 13.8 Å². The van der Waals surface area contributed by atoms with Crippen molar-refractivity contribution in [2.24, 2.45) is 11.5 Å². The molecule has 0 radical (unpaired) electrons. The first kappa shape index (κ1) is 38.0. The topological polar surface area (TPSA) is 116 Å². The molecule has 0 aliphatic carbocycles. The Morgan fingerprint density at radius 1 is 0.745 bits per heavy atom. The summed E-state index contributed by atoms with van der Waals surface area (Å²) in [4.78, 5) is 10.2. The van der Waals surface area contributed by atoms with Gasteiger partial charge in [0.05, 0.1) is 11.4 Å². The molecule has 6 rings (SSSR count). The molecule has 6 nitrogen and oxygen atoms in total. The van der Waals surface area contributed by atoms with Crippen LogP contribution >= 0.6 is 8.19 Å². The first-order valence-electron chi connectivity index (χ1n) is 18.0. The van der Waals surface area contributed by atoms with Crippen molar-refractivity contribution in [1.29, 1.82) is 0 Å². The van der Waals surface area contributed by atoms with Gasteiger partial charge in [0.15, 0.2) is 5.82 Å². The molecule has 2 aromatic heterocycles. The van der Waals surface area contributed by atoms with E-state index in [2.05, 4.69) is 109 Å². The predicted molar refractivity (Wildman–Crippen MR) is 238 cm³/mol. The highest BCUT2D eigenvalue weighted by atomic mass is 31.0. The van der Waals surface area contributed by atoms with E-state index in [0.29, 0.717) is 17.2 Å². The van der Waals surface area contributed by atoms with Gasteiger partial charge in [0, 0.05) is 57.4 Å². The van der Waals surface area contributed by atoms with Crippen LogP contribution in [0.25, 0.3) is 62.1 Å². The molecule has 0 atom stereocenters. The summed E-state index contributed by atoms with van der Waals surface area (Å²) in [5.74, 6) is 2.79. The molecule has 0 amide bonds. The maximum Gasteiger partial charge on any atom is 0.160 e. The highest BCUT2D eigenvalue weighted by Crippen LogP contribution is 2.34. The average Bonchev–Trinajstić information content (AvgIpc) is 3.23. The van der Waals surface area contributed by atoms with Crippen molar-refractivity contribution in [1.82, 2.24) is 9.97 Å². The van der Waals surface area contributed by atoms with E-state index in [9.17, 15) is 0 Å². The van der Waals surface area contributed by atoms with E-state index >= 15 is 0 Å². The van der Waals surface area contributed by atoms with E-state index in [4.69, 9.17) is 27.2 Å². The van der Waals surface area contributed by atoms with Gasteiger partial charge in [-0.25, -0.2) is 9.97 Å². The van der Waals surface area contributed by atoms with Crippen LogP contribution in [0.5, 0.6) is 0 Å². The minimum absolute atomic E-state index is 0.460. The van der Waals surface area contributed by atoms with Crippen molar-refractivity contribution in [2.75, 3.05) is 18.1 Å². The summed E-state index contributed by atoms with van der Waals surface area (Å²) in [6.07, 6.45) is 13.9. The molecule has 0 saturated heterocycles. The minimum atomic E-state index is 0.460. The van der Waals surface area contributed by atoms with Gasteiger partial charge in [-0.3, -0.25) is 0 Å². The van der Waals surface area contributed by atoms with Crippen molar-refractivity contribution >= 4 is 36.8 Å². The molecule has 0 aliphatic rings. The molecule has 7 N–H and O–H groups in total. The quantitative estimate of drug-likeness (QED) is 0.0734. The van der Waals surface area contributed by atoms with Crippen molar-refractivity contribution in [3.05, 3.63) is 192 Å². The second kappa shape index (κ2) is 17.8. The van der Waals surface area contributed by atoms with Crippen LogP contribution in [0, 0.1) is 0 Å². The zero-order valence-corrected chi connectivity index (χ0v) is 32.3. The van der Waals surface area contributed by atoms with Gasteiger partial charge in [0.1, 0.15) is 0 Å². The molecule has 4 aromatic carbocycles. The van der Waals surface area contributed by atoms with E-state index < -0.39 is 0 Å². The molecule has 0 fully saturated rings. The summed E-state index contributed by atoms with van der Waals surface area (Å²) in [5, 5.41) is 4.33. The molecule has 0 spiro atoms. The molecule has 0 unspecified atom stereocenters. The van der Waals surface area contributed by atoms with E-state index in [1.807, 2.05) is 75.5 Å². The Bertz CT molecular complexity index is 2490. The molecule has 7 heteroatoms. The van der Waals surface area contributed by atoms with Gasteiger partial charge in [0.25, 0.3) is 0 Å². The number of nitrogen functional groups attached to an aromatic ring is 1. The molecular formula is C48H45N6P. The molecular weight excluding hydrogens is 692 g/mol. The highest BCUT2D eigenvalue weighted by Gasteiger charge is 2.13. The van der Waals surface area contributed by atoms with E-state index in [1.165, 1.54) is 0 Å². The molecule has 0 aliphatic heterocycles. The number of allylic oxidation sites excluding steroid dienone is 8. The third-order valence-electron chi connectivity index (χ3n) is 9.06. The zero-order valence-electron chi connectivity index (χ0n) is 31.4. The number of benzene rings is 4. The minimum Gasteiger partial charge on any atom is -0.399 e. The number of nitrogens with two attached hydrogens (primary N) is 3. The monoisotopic (exact) mass is 736 g/mol.